The molecule has 2 N–H and O–H groups in total. The summed E-state index contributed by atoms with van der Waals surface area (Å²) in [6.07, 6.45) is 6.53. The number of nitrogens with one attached hydrogen (secondary N) is 1. The fraction of sp³-hybridized carbons (Fsp3) is 0.0833. The number of hydrogen-bond donors (Lipinski definition) is 2. The van der Waals surface area contributed by atoms with E-state index >= 15 is 0 Å². The molecule has 0 aliphatic rings. The zero-order valence-corrected chi connectivity index (χ0v) is 17.8. The molecule has 156 valence electrons. The molecule has 31 heavy (non-hydrogen) atoms. The van der Waals surface area contributed by atoms with Crippen LogP contribution in [0.1, 0.15) is 16.7 Å². The fourth-order valence-corrected chi connectivity index (χ4v) is 3.55. The van der Waals surface area contributed by atoms with Crippen molar-refractivity contribution in [3.8, 4) is 18.1 Å². The number of hydrogen-bond acceptors (Lipinski definition) is 4. The smallest absolute Gasteiger partial charge is 0.281 e. The number of aliphatic hydroxyl groups is 1. The third-order valence-electron chi connectivity index (χ3n) is 4.41. The van der Waals surface area contributed by atoms with Crippen molar-refractivity contribution in [3.63, 3.8) is 0 Å². The van der Waals surface area contributed by atoms with E-state index in [4.69, 9.17) is 34.4 Å². The maximum Gasteiger partial charge on any atom is 0.281 e. The molecular weight excluding hydrogens is 435 g/mol. The largest absolute Gasteiger partial charge is 0.478 e. The number of carbonyl (C=O) groups excluding carboxylic acids is 1. The lowest BCUT2D eigenvalue weighted by Gasteiger charge is -2.27. The Morgan fingerprint density at radius 2 is 1.58 bits per heavy atom. The van der Waals surface area contributed by atoms with E-state index in [0.29, 0.717) is 16.7 Å². The van der Waals surface area contributed by atoms with Gasteiger partial charge in [0, 0.05) is 0 Å². The summed E-state index contributed by atoms with van der Waals surface area (Å²) < 4.78 is 5.31. The number of amides is 1. The van der Waals surface area contributed by atoms with Crippen molar-refractivity contribution >= 4 is 35.3 Å². The number of carbonyl (C=O) groups is 1. The Bertz CT molecular complexity index is 1060. The highest BCUT2D eigenvalue weighted by Crippen LogP contribution is 2.34. The molecule has 3 aromatic rings. The Labute approximate surface area is 190 Å². The van der Waals surface area contributed by atoms with Crippen LogP contribution in [0.4, 0.5) is 0 Å². The molecule has 0 aromatic heterocycles. The molecule has 1 amide bonds. The molecule has 0 saturated carbocycles. The van der Waals surface area contributed by atoms with Crippen LogP contribution in [0.3, 0.4) is 0 Å². The van der Waals surface area contributed by atoms with Crippen LogP contribution in [-0.2, 0) is 10.4 Å². The van der Waals surface area contributed by atoms with Crippen molar-refractivity contribution in [3.05, 3.63) is 99.5 Å². The van der Waals surface area contributed by atoms with Gasteiger partial charge in [0.05, 0.1) is 16.3 Å². The number of ether oxygens (including phenoxy) is 1. The van der Waals surface area contributed by atoms with E-state index < -0.39 is 11.5 Å². The average Bonchev–Trinajstić information content (AvgIpc) is 2.79. The van der Waals surface area contributed by atoms with Gasteiger partial charge in [-0.25, -0.2) is 5.43 Å². The predicted octanol–water partition coefficient (Wildman–Crippen LogP) is 4.39. The van der Waals surface area contributed by atoms with E-state index in [1.165, 1.54) is 6.21 Å². The monoisotopic (exact) mass is 452 g/mol. The highest BCUT2D eigenvalue weighted by Gasteiger charge is 2.39. The molecule has 0 bridgehead atoms. The maximum absolute atomic E-state index is 13.0. The Morgan fingerprint density at radius 1 is 1.06 bits per heavy atom. The molecule has 0 aliphatic carbocycles. The first-order chi connectivity index (χ1) is 15.0. The predicted molar refractivity (Wildman–Crippen MR) is 122 cm³/mol. The van der Waals surface area contributed by atoms with E-state index in [1.54, 1.807) is 72.8 Å². The Morgan fingerprint density at radius 3 is 2.06 bits per heavy atom. The third kappa shape index (κ3) is 5.07. The summed E-state index contributed by atoms with van der Waals surface area (Å²) >= 11 is 12.4. The van der Waals surface area contributed by atoms with Gasteiger partial charge in [0.2, 0.25) is 0 Å². The van der Waals surface area contributed by atoms with Crippen LogP contribution >= 0.6 is 23.2 Å². The van der Waals surface area contributed by atoms with E-state index in [0.717, 1.165) is 0 Å². The lowest BCUT2D eigenvalue weighted by molar-refractivity contribution is -0.136. The summed E-state index contributed by atoms with van der Waals surface area (Å²) in [5, 5.41) is 15.8. The van der Waals surface area contributed by atoms with Crippen LogP contribution in [-0.4, -0.2) is 23.8 Å². The number of benzene rings is 3. The van der Waals surface area contributed by atoms with Gasteiger partial charge in [-0.05, 0) is 28.8 Å². The minimum atomic E-state index is -1.93. The standard InChI is InChI=1S/C24H18Cl2N2O3/c1-2-13-31-22-20(25)14-17(15-21(22)26)16-27-28-23(29)24(30,18-9-5-3-6-10-18)19-11-7-4-8-12-19/h1,3-12,14-16,30H,13H2,(H,28,29). The molecule has 3 rings (SSSR count). The first-order valence-corrected chi connectivity index (χ1v) is 9.94. The van der Waals surface area contributed by atoms with Gasteiger partial charge in [0.1, 0.15) is 6.61 Å². The second-order valence-electron chi connectivity index (χ2n) is 6.45. The zero-order chi connectivity index (χ0) is 22.3. The fourth-order valence-electron chi connectivity index (χ4n) is 2.94. The van der Waals surface area contributed by atoms with Crippen molar-refractivity contribution in [1.29, 1.82) is 0 Å². The molecule has 0 fully saturated rings. The van der Waals surface area contributed by atoms with Crippen molar-refractivity contribution in [2.75, 3.05) is 6.61 Å². The molecule has 0 unspecified atom stereocenters. The zero-order valence-electron chi connectivity index (χ0n) is 16.3. The van der Waals surface area contributed by atoms with E-state index in [2.05, 4.69) is 16.4 Å². The van der Waals surface area contributed by atoms with Gasteiger partial charge in [0.15, 0.2) is 11.4 Å². The second kappa shape index (κ2) is 10.1. The van der Waals surface area contributed by atoms with Gasteiger partial charge in [-0.15, -0.1) is 6.42 Å². The molecule has 0 heterocycles. The molecule has 0 atom stereocenters. The lowest BCUT2D eigenvalue weighted by atomic mass is 9.85. The van der Waals surface area contributed by atoms with E-state index in [1.807, 2.05) is 0 Å². The molecule has 5 nitrogen and oxygen atoms in total. The van der Waals surface area contributed by atoms with Crippen LogP contribution in [0, 0.1) is 12.3 Å². The molecule has 7 heteroatoms. The summed E-state index contributed by atoms with van der Waals surface area (Å²) in [6.45, 7) is 0.0283. The molecule has 0 radical (unpaired) electrons. The quantitative estimate of drug-likeness (QED) is 0.317. The second-order valence-corrected chi connectivity index (χ2v) is 7.26. The summed E-state index contributed by atoms with van der Waals surface area (Å²) in [5.74, 6) is 1.89. The minimum absolute atomic E-state index is 0.0283. The number of hydrazone groups is 1. The highest BCUT2D eigenvalue weighted by molar-refractivity contribution is 6.37. The molecular formula is C24H18Cl2N2O3. The lowest BCUT2D eigenvalue weighted by Crippen LogP contribution is -2.43. The van der Waals surface area contributed by atoms with Crippen molar-refractivity contribution in [1.82, 2.24) is 5.43 Å². The third-order valence-corrected chi connectivity index (χ3v) is 4.97. The summed E-state index contributed by atoms with van der Waals surface area (Å²) in [4.78, 5) is 13.0. The van der Waals surface area contributed by atoms with Crippen LogP contribution in [0.2, 0.25) is 10.0 Å². The maximum atomic E-state index is 13.0. The van der Waals surface area contributed by atoms with Crippen LogP contribution in [0.15, 0.2) is 77.9 Å². The first kappa shape index (κ1) is 22.4. The topological polar surface area (TPSA) is 70.9 Å². The van der Waals surface area contributed by atoms with Crippen molar-refractivity contribution in [2.45, 2.75) is 5.60 Å². The van der Waals surface area contributed by atoms with Crippen LogP contribution in [0.25, 0.3) is 0 Å². The Balaban J connectivity index is 1.84. The molecule has 3 aromatic carbocycles. The van der Waals surface area contributed by atoms with E-state index in [-0.39, 0.29) is 22.4 Å². The normalized spacial score (nSPS) is 11.2. The number of nitrogens with zero attached hydrogens (tertiary/aromatic N) is 1. The number of halogens is 2. The average molecular weight is 453 g/mol. The van der Waals surface area contributed by atoms with Gasteiger partial charge in [0.25, 0.3) is 5.91 Å². The molecule has 0 aliphatic heterocycles. The Kier molecular flexibility index (Phi) is 7.32. The van der Waals surface area contributed by atoms with Crippen molar-refractivity contribution < 1.29 is 14.6 Å². The van der Waals surface area contributed by atoms with Gasteiger partial charge >= 0.3 is 0 Å². The van der Waals surface area contributed by atoms with E-state index in [9.17, 15) is 9.90 Å². The van der Waals surface area contributed by atoms with Gasteiger partial charge < -0.3 is 9.84 Å². The molecule has 0 saturated heterocycles. The SMILES string of the molecule is C#CCOc1c(Cl)cc(C=NNC(=O)C(O)(c2ccccc2)c2ccccc2)cc1Cl. The first-order valence-electron chi connectivity index (χ1n) is 9.19. The van der Waals surface area contributed by atoms with Crippen LogP contribution in [0.5, 0.6) is 5.75 Å². The van der Waals surface area contributed by atoms with Gasteiger partial charge in [-0.2, -0.15) is 5.10 Å². The van der Waals surface area contributed by atoms with Gasteiger partial charge in [-0.1, -0.05) is 89.8 Å². The minimum Gasteiger partial charge on any atom is -0.478 e. The summed E-state index contributed by atoms with van der Waals surface area (Å²) in [5.41, 5.74) is 1.81. The Hall–Kier alpha value is -3.30. The van der Waals surface area contributed by atoms with Crippen molar-refractivity contribution in [2.24, 2.45) is 5.10 Å². The molecule has 0 spiro atoms. The summed E-state index contributed by atoms with van der Waals surface area (Å²) in [7, 11) is 0. The highest BCUT2D eigenvalue weighted by atomic mass is 35.5. The number of terminal acetylenes is 1. The van der Waals surface area contributed by atoms with Crippen LogP contribution < -0.4 is 10.2 Å². The van der Waals surface area contributed by atoms with Gasteiger partial charge in [-0.3, -0.25) is 4.79 Å². The number of rotatable bonds is 7. The summed E-state index contributed by atoms with van der Waals surface area (Å²) in [6, 6.07) is 20.4.